The lowest BCUT2D eigenvalue weighted by molar-refractivity contribution is -0.122. The molecule has 0 aliphatic carbocycles. The molecule has 0 spiro atoms. The molecule has 0 N–H and O–H groups in total. The fourth-order valence-electron chi connectivity index (χ4n) is 1.97. The van der Waals surface area contributed by atoms with E-state index in [1.165, 1.54) is 11.8 Å². The van der Waals surface area contributed by atoms with E-state index in [2.05, 4.69) is 4.99 Å². The second-order valence-electron chi connectivity index (χ2n) is 4.43. The number of rotatable bonds is 5. The van der Waals surface area contributed by atoms with E-state index in [1.807, 2.05) is 38.1 Å². The molecular weight excluding hydrogens is 298 g/mol. The fraction of sp³-hybridized carbons (Fsp3) is 0.312. The lowest BCUT2D eigenvalue weighted by Crippen LogP contribution is -2.28. The van der Waals surface area contributed by atoms with E-state index in [0.29, 0.717) is 23.7 Å². The molecule has 2 rings (SSSR count). The number of benzene rings is 1. The summed E-state index contributed by atoms with van der Waals surface area (Å²) in [6.45, 7) is 5.19. The molecule has 0 aromatic heterocycles. The standard InChI is InChI=1S/C16H17N3O2S/c1-3-18-16-19(4-2)15(20)14(22-16)11-12-5-7-13(8-6-12)21-10-9-17/h5-8,11H,3-4,10H2,1-2H3/b14-11-,18-16?. The van der Waals surface area contributed by atoms with Gasteiger partial charge in [0.05, 0.1) is 4.91 Å². The van der Waals surface area contributed by atoms with Gasteiger partial charge in [-0.2, -0.15) is 5.26 Å². The van der Waals surface area contributed by atoms with Crippen LogP contribution in [0.1, 0.15) is 19.4 Å². The summed E-state index contributed by atoms with van der Waals surface area (Å²) >= 11 is 1.40. The molecule has 0 bridgehead atoms. The van der Waals surface area contributed by atoms with Crippen LogP contribution >= 0.6 is 11.8 Å². The van der Waals surface area contributed by atoms with Gasteiger partial charge in [0.15, 0.2) is 11.8 Å². The molecule has 0 unspecified atom stereocenters. The Kier molecular flexibility index (Phi) is 5.61. The molecule has 0 radical (unpaired) electrons. The minimum atomic E-state index is -0.00972. The molecule has 1 aromatic carbocycles. The summed E-state index contributed by atoms with van der Waals surface area (Å²) < 4.78 is 5.20. The molecule has 0 saturated carbocycles. The van der Waals surface area contributed by atoms with Crippen LogP contribution in [0.15, 0.2) is 34.2 Å². The van der Waals surface area contributed by atoms with Crippen molar-refractivity contribution in [3.8, 4) is 11.8 Å². The first kappa shape index (κ1) is 16.1. The maximum atomic E-state index is 12.3. The van der Waals surface area contributed by atoms with Crippen LogP contribution in [0.3, 0.4) is 0 Å². The SMILES string of the molecule is CCN=C1S/C(=C\c2ccc(OCC#N)cc2)C(=O)N1CC. The van der Waals surface area contributed by atoms with E-state index < -0.39 is 0 Å². The highest BCUT2D eigenvalue weighted by Crippen LogP contribution is 2.32. The maximum absolute atomic E-state index is 12.3. The van der Waals surface area contributed by atoms with E-state index >= 15 is 0 Å². The van der Waals surface area contributed by atoms with Gasteiger partial charge in [0.25, 0.3) is 5.91 Å². The first-order chi connectivity index (χ1) is 10.7. The molecule has 1 aromatic rings. The predicted octanol–water partition coefficient (Wildman–Crippen LogP) is 2.90. The number of hydrogen-bond acceptors (Lipinski definition) is 5. The van der Waals surface area contributed by atoms with Crippen LogP contribution < -0.4 is 4.74 Å². The van der Waals surface area contributed by atoms with Crippen molar-refractivity contribution in [1.82, 2.24) is 4.90 Å². The van der Waals surface area contributed by atoms with Crippen LogP contribution in [0.5, 0.6) is 5.75 Å². The van der Waals surface area contributed by atoms with Gasteiger partial charge in [-0.15, -0.1) is 0 Å². The van der Waals surface area contributed by atoms with Gasteiger partial charge in [0, 0.05) is 13.1 Å². The zero-order valence-corrected chi connectivity index (χ0v) is 13.4. The van der Waals surface area contributed by atoms with E-state index in [4.69, 9.17) is 10.00 Å². The minimum absolute atomic E-state index is 0.00972. The Hall–Kier alpha value is -2.26. The number of carbonyl (C=O) groups is 1. The number of hydrogen-bond donors (Lipinski definition) is 0. The molecule has 1 heterocycles. The maximum Gasteiger partial charge on any atom is 0.266 e. The highest BCUT2D eigenvalue weighted by atomic mass is 32.2. The van der Waals surface area contributed by atoms with Crippen LogP contribution in [0.4, 0.5) is 0 Å². The first-order valence-corrected chi connectivity index (χ1v) is 7.87. The summed E-state index contributed by atoms with van der Waals surface area (Å²) in [6, 6.07) is 9.21. The monoisotopic (exact) mass is 315 g/mol. The molecule has 22 heavy (non-hydrogen) atoms. The van der Waals surface area contributed by atoms with E-state index in [1.54, 1.807) is 17.0 Å². The van der Waals surface area contributed by atoms with Crippen molar-refractivity contribution >= 4 is 28.9 Å². The van der Waals surface area contributed by atoms with Crippen molar-refractivity contribution in [2.24, 2.45) is 4.99 Å². The molecule has 0 atom stereocenters. The van der Waals surface area contributed by atoms with Crippen molar-refractivity contribution < 1.29 is 9.53 Å². The largest absolute Gasteiger partial charge is 0.479 e. The van der Waals surface area contributed by atoms with E-state index in [-0.39, 0.29) is 12.5 Å². The Balaban J connectivity index is 2.17. The van der Waals surface area contributed by atoms with Crippen LogP contribution in [-0.2, 0) is 4.79 Å². The zero-order chi connectivity index (χ0) is 15.9. The Labute approximate surface area is 134 Å². The Bertz CT molecular complexity index is 644. The van der Waals surface area contributed by atoms with Gasteiger partial charge in [-0.25, -0.2) is 0 Å². The summed E-state index contributed by atoms with van der Waals surface area (Å²) in [5, 5.41) is 9.24. The molecule has 1 fully saturated rings. The quantitative estimate of drug-likeness (QED) is 0.784. The fourth-order valence-corrected chi connectivity index (χ4v) is 3.07. The number of amidine groups is 1. The second-order valence-corrected chi connectivity index (χ2v) is 5.44. The van der Waals surface area contributed by atoms with E-state index in [9.17, 15) is 4.79 Å². The summed E-state index contributed by atoms with van der Waals surface area (Å²) in [6.07, 6.45) is 1.85. The number of likely N-dealkylation sites (N-methyl/N-ethyl adjacent to an activating group) is 1. The summed E-state index contributed by atoms with van der Waals surface area (Å²) in [5.74, 6) is 0.627. The number of thioether (sulfide) groups is 1. The van der Waals surface area contributed by atoms with Crippen molar-refractivity contribution in [2.45, 2.75) is 13.8 Å². The third kappa shape index (κ3) is 3.68. The molecular formula is C16H17N3O2S. The second kappa shape index (κ2) is 7.66. The van der Waals surface area contributed by atoms with Crippen LogP contribution in [0, 0.1) is 11.3 Å². The van der Waals surface area contributed by atoms with Gasteiger partial charge >= 0.3 is 0 Å². The van der Waals surface area contributed by atoms with Crippen LogP contribution in [0.2, 0.25) is 0 Å². The number of carbonyl (C=O) groups excluding carboxylic acids is 1. The normalized spacial score (nSPS) is 18.0. The van der Waals surface area contributed by atoms with Crippen molar-refractivity contribution in [3.63, 3.8) is 0 Å². The lowest BCUT2D eigenvalue weighted by Gasteiger charge is -2.11. The van der Waals surface area contributed by atoms with Crippen LogP contribution in [-0.4, -0.2) is 35.7 Å². The van der Waals surface area contributed by atoms with Gasteiger partial charge < -0.3 is 4.74 Å². The number of nitriles is 1. The number of nitrogens with zero attached hydrogens (tertiary/aromatic N) is 3. The van der Waals surface area contributed by atoms with Crippen molar-refractivity contribution in [3.05, 3.63) is 34.7 Å². The van der Waals surface area contributed by atoms with Gasteiger partial charge in [0.1, 0.15) is 11.8 Å². The average molecular weight is 315 g/mol. The molecule has 1 aliphatic heterocycles. The average Bonchev–Trinajstić information content (AvgIpc) is 2.82. The molecule has 114 valence electrons. The third-order valence-corrected chi connectivity index (χ3v) is 4.02. The summed E-state index contributed by atoms with van der Waals surface area (Å²) in [7, 11) is 0. The van der Waals surface area contributed by atoms with Crippen molar-refractivity contribution in [2.75, 3.05) is 19.7 Å². The van der Waals surface area contributed by atoms with Gasteiger partial charge in [-0.1, -0.05) is 12.1 Å². The third-order valence-electron chi connectivity index (χ3n) is 2.98. The topological polar surface area (TPSA) is 65.7 Å². The highest BCUT2D eigenvalue weighted by Gasteiger charge is 2.31. The number of aliphatic imine (C=N–C) groups is 1. The number of amides is 1. The van der Waals surface area contributed by atoms with Crippen LogP contribution in [0.25, 0.3) is 6.08 Å². The van der Waals surface area contributed by atoms with Gasteiger partial charge in [-0.05, 0) is 49.4 Å². The minimum Gasteiger partial charge on any atom is -0.479 e. The molecule has 1 amide bonds. The lowest BCUT2D eigenvalue weighted by atomic mass is 10.2. The molecule has 5 nitrogen and oxygen atoms in total. The van der Waals surface area contributed by atoms with E-state index in [0.717, 1.165) is 10.7 Å². The molecule has 1 aliphatic rings. The number of ether oxygens (including phenoxy) is 1. The molecule has 1 saturated heterocycles. The summed E-state index contributed by atoms with van der Waals surface area (Å²) in [4.78, 5) is 19.0. The Morgan fingerprint density at radius 1 is 1.36 bits per heavy atom. The smallest absolute Gasteiger partial charge is 0.266 e. The summed E-state index contributed by atoms with van der Waals surface area (Å²) in [5.41, 5.74) is 0.911. The highest BCUT2D eigenvalue weighted by molar-refractivity contribution is 8.18. The molecule has 6 heteroatoms. The zero-order valence-electron chi connectivity index (χ0n) is 12.6. The van der Waals surface area contributed by atoms with Gasteiger partial charge in [0.2, 0.25) is 0 Å². The first-order valence-electron chi connectivity index (χ1n) is 7.05. The van der Waals surface area contributed by atoms with Crippen molar-refractivity contribution in [1.29, 1.82) is 5.26 Å². The Morgan fingerprint density at radius 2 is 2.09 bits per heavy atom. The van der Waals surface area contributed by atoms with Gasteiger partial charge in [-0.3, -0.25) is 14.7 Å². The predicted molar refractivity (Wildman–Crippen MR) is 88.5 cm³/mol. The Morgan fingerprint density at radius 3 is 2.68 bits per heavy atom.